The number of thiophene rings is 1. The molecule has 16 rings (SSSR count). The van der Waals surface area contributed by atoms with Crippen LogP contribution in [0.1, 0.15) is 11.1 Å². The number of halogens is 4. The quantitative estimate of drug-likeness (QED) is 0.0726. The largest absolute Gasteiger partial charge is 0.325 e. The summed E-state index contributed by atoms with van der Waals surface area (Å²) < 4.78 is 7.74. The Bertz CT molecular complexity index is 5300. The number of hydrogen-bond acceptors (Lipinski definition) is 11. The minimum absolute atomic E-state index is 0.108. The van der Waals surface area contributed by atoms with Gasteiger partial charge in [0.15, 0.2) is 16.7 Å². The van der Waals surface area contributed by atoms with Gasteiger partial charge in [0.25, 0.3) is 0 Å². The Balaban J connectivity index is 0.000000123. The van der Waals surface area contributed by atoms with Crippen molar-refractivity contribution in [3.05, 3.63) is 303 Å². The fraction of sp³-hybridized carbons (Fsp3) is 0.0741. The van der Waals surface area contributed by atoms with Crippen molar-refractivity contribution in [2.45, 2.75) is 40.0 Å². The fourth-order valence-corrected chi connectivity index (χ4v) is 13.2. The van der Waals surface area contributed by atoms with Crippen LogP contribution in [0.15, 0.2) is 272 Å². The Labute approximate surface area is 626 Å². The number of hydrogen-bond donors (Lipinski definition) is 4. The van der Waals surface area contributed by atoms with E-state index in [4.69, 9.17) is 61.4 Å². The zero-order valence-electron chi connectivity index (χ0n) is 55.8. The Kier molecular flexibility index (Phi) is 22.5. The number of aryl methyl sites for hydroxylation is 2. The maximum Gasteiger partial charge on any atom is 0.244 e. The van der Waals surface area contributed by atoms with Gasteiger partial charge in [0.1, 0.15) is 37.8 Å². The van der Waals surface area contributed by atoms with Gasteiger partial charge in [-0.05, 0) is 171 Å². The summed E-state index contributed by atoms with van der Waals surface area (Å²) in [6.45, 7) is 4.78. The van der Waals surface area contributed by atoms with Crippen LogP contribution >= 0.6 is 69.1 Å². The molecule has 0 aliphatic heterocycles. The smallest absolute Gasteiger partial charge is 0.244 e. The van der Waals surface area contributed by atoms with Crippen LogP contribution in [-0.2, 0) is 45.4 Å². The van der Waals surface area contributed by atoms with Crippen molar-refractivity contribution in [3.8, 4) is 44.3 Å². The second kappa shape index (κ2) is 33.1. The summed E-state index contributed by atoms with van der Waals surface area (Å²) in [4.78, 5) is 74.6. The predicted octanol–water partition coefficient (Wildman–Crippen LogP) is 20.1. The number of para-hydroxylation sites is 8. The summed E-state index contributed by atoms with van der Waals surface area (Å²) in [6, 6.07) is 79.8. The number of aromatic nitrogens is 9. The number of fused-ring (bicyclic) bond motifs is 4. The van der Waals surface area contributed by atoms with Crippen molar-refractivity contribution >= 4 is 160 Å². The molecule has 23 heteroatoms. The fourth-order valence-electron chi connectivity index (χ4n) is 11.4. The molecule has 0 fully saturated rings. The molecule has 0 saturated heterocycles. The first-order valence-electron chi connectivity index (χ1n) is 32.7. The van der Waals surface area contributed by atoms with E-state index in [1.54, 1.807) is 115 Å². The highest BCUT2D eigenvalue weighted by Gasteiger charge is 2.21. The molecule has 0 aliphatic rings. The van der Waals surface area contributed by atoms with Crippen molar-refractivity contribution in [2.24, 2.45) is 0 Å². The lowest BCUT2D eigenvalue weighted by atomic mass is 10.1. The molecule has 17 nitrogen and oxygen atoms in total. The van der Waals surface area contributed by atoms with E-state index in [1.165, 1.54) is 22.5 Å². The van der Waals surface area contributed by atoms with E-state index in [0.29, 0.717) is 43.0 Å². The Morgan fingerprint density at radius 3 is 0.933 bits per heavy atom. The maximum absolute atomic E-state index is 12.7. The molecule has 6 heterocycles. The second-order valence-electron chi connectivity index (χ2n) is 23.8. The molecule has 0 bridgehead atoms. The van der Waals surface area contributed by atoms with Gasteiger partial charge in [0.2, 0.25) is 23.6 Å². The maximum atomic E-state index is 12.7. The molecule has 0 spiro atoms. The number of carbonyl (C=O) groups excluding carboxylic acids is 4. The van der Waals surface area contributed by atoms with E-state index in [2.05, 4.69) is 31.2 Å². The molecule has 0 unspecified atom stereocenters. The Hall–Kier alpha value is -11.6. The highest BCUT2D eigenvalue weighted by molar-refractivity contribution is 7.13. The van der Waals surface area contributed by atoms with Crippen LogP contribution in [-0.4, -0.2) is 66.8 Å². The lowest BCUT2D eigenvalue weighted by molar-refractivity contribution is -0.117. The number of amides is 4. The molecule has 6 aromatic heterocycles. The summed E-state index contributed by atoms with van der Waals surface area (Å²) in [5, 5.41) is 18.8. The summed E-state index contributed by atoms with van der Waals surface area (Å²) in [6.07, 6.45) is 1.73. The van der Waals surface area contributed by atoms with E-state index in [0.717, 1.165) is 88.3 Å². The number of nitrogens with one attached hydrogen (secondary N) is 4. The SMILES string of the molecule is Cc1ccc(-c2nc3ccccc3n2CC(=O)Nc2ccc(Cl)cc2)cc1.Cc1ccc(-c2nc3ccccc3n2CC(=O)Nc2ccc(Cl)cc2)cc1.O=C(Cn1c(-c2cccs2)nc2ccccc21)Nc1ccc(Cl)cc1.O=C(Cn1c(-c2nccs2)nc2ccccc21)Nc1ccc(Cl)cc1. The van der Waals surface area contributed by atoms with Crippen LogP contribution in [0.3, 0.4) is 0 Å². The number of benzene rings is 10. The summed E-state index contributed by atoms with van der Waals surface area (Å²) in [7, 11) is 0. The van der Waals surface area contributed by atoms with E-state index >= 15 is 0 Å². The van der Waals surface area contributed by atoms with Crippen molar-refractivity contribution < 1.29 is 19.2 Å². The number of carbonyl (C=O) groups is 4. The summed E-state index contributed by atoms with van der Waals surface area (Å²) in [5.74, 6) is 2.59. The van der Waals surface area contributed by atoms with Crippen molar-refractivity contribution in [2.75, 3.05) is 21.3 Å². The minimum atomic E-state index is -0.136. The van der Waals surface area contributed by atoms with Crippen molar-refractivity contribution in [1.29, 1.82) is 0 Å². The highest BCUT2D eigenvalue weighted by atomic mass is 35.5. The monoisotopic (exact) mass is 1490 g/mol. The molecule has 16 aromatic rings. The third-order valence-electron chi connectivity index (χ3n) is 16.3. The van der Waals surface area contributed by atoms with Gasteiger partial charge in [0.05, 0.1) is 49.0 Å². The van der Waals surface area contributed by atoms with Crippen molar-refractivity contribution in [1.82, 2.24) is 43.2 Å². The second-order valence-corrected chi connectivity index (χ2v) is 27.4. The number of rotatable bonds is 16. The summed E-state index contributed by atoms with van der Waals surface area (Å²) in [5.41, 5.74) is 14.3. The summed E-state index contributed by atoms with van der Waals surface area (Å²) >= 11 is 26.7. The van der Waals surface area contributed by atoms with Gasteiger partial charge in [-0.15, -0.1) is 22.7 Å². The van der Waals surface area contributed by atoms with Crippen LogP contribution in [0.2, 0.25) is 20.1 Å². The molecule has 4 amide bonds. The standard InChI is InChI=1S/2C22H18ClN3O.C19H14ClN3OS.C18H13ClN4OS/c2*1-15-6-8-16(9-7-15)22-25-19-4-2-3-5-20(19)26(22)14-21(27)24-18-12-10-17(23)11-13-18;20-13-7-9-14(10-8-13)21-18(24)12-23-16-5-2-1-4-15(16)22-19(23)17-6-3-11-25-17;19-12-5-7-13(8-6-12)21-16(24)11-23-15-4-2-1-3-14(15)22-17(23)18-20-9-10-25-18/h2*2-13H,14H2,1H3,(H,24,27);1-11H,12H2,(H,21,24);1-10H,11H2,(H,21,24). The first-order valence-corrected chi connectivity index (χ1v) is 36.0. The lowest BCUT2D eigenvalue weighted by Crippen LogP contribution is -2.19. The first-order chi connectivity index (χ1) is 50.6. The van der Waals surface area contributed by atoms with Gasteiger partial charge < -0.3 is 39.5 Å². The van der Waals surface area contributed by atoms with Gasteiger partial charge in [-0.2, -0.15) is 0 Å². The lowest BCUT2D eigenvalue weighted by Gasteiger charge is -2.10. The van der Waals surface area contributed by atoms with E-state index in [1.807, 2.05) is 201 Å². The molecular weight excluding hydrogens is 1420 g/mol. The predicted molar refractivity (Wildman–Crippen MR) is 424 cm³/mol. The first kappa shape index (κ1) is 70.9. The van der Waals surface area contributed by atoms with Gasteiger partial charge in [-0.1, -0.05) is 161 Å². The molecule has 0 aliphatic carbocycles. The number of anilines is 4. The average Bonchev–Trinajstić information content (AvgIpc) is 1.66. The van der Waals surface area contributed by atoms with Crippen LogP contribution in [0.4, 0.5) is 22.7 Å². The molecule has 4 N–H and O–H groups in total. The van der Waals surface area contributed by atoms with Gasteiger partial charge in [-0.25, -0.2) is 24.9 Å². The number of nitrogens with zero attached hydrogens (tertiary/aromatic N) is 9. The Morgan fingerprint density at radius 2 is 0.625 bits per heavy atom. The average molecular weight is 1490 g/mol. The molecule has 516 valence electrons. The van der Waals surface area contributed by atoms with E-state index in [9.17, 15) is 19.2 Å². The van der Waals surface area contributed by atoms with Crippen molar-refractivity contribution in [3.63, 3.8) is 0 Å². The van der Waals surface area contributed by atoms with Crippen LogP contribution in [0.5, 0.6) is 0 Å². The van der Waals surface area contributed by atoms with Gasteiger partial charge in [-0.3, -0.25) is 19.2 Å². The van der Waals surface area contributed by atoms with E-state index in [-0.39, 0.29) is 49.8 Å². The van der Waals surface area contributed by atoms with Crippen LogP contribution < -0.4 is 21.3 Å². The Morgan fingerprint density at radius 1 is 0.327 bits per heavy atom. The topological polar surface area (TPSA) is 201 Å². The van der Waals surface area contributed by atoms with E-state index < -0.39 is 0 Å². The molecule has 10 aromatic carbocycles. The molecule has 0 atom stereocenters. The third kappa shape index (κ3) is 17.7. The molecule has 0 saturated carbocycles. The zero-order chi connectivity index (χ0) is 72.1. The van der Waals surface area contributed by atoms with Crippen LogP contribution in [0.25, 0.3) is 88.4 Å². The number of imidazole rings is 4. The minimum Gasteiger partial charge on any atom is -0.325 e. The van der Waals surface area contributed by atoms with Crippen LogP contribution in [0, 0.1) is 13.8 Å². The molecular formula is C81H63Cl4N13O4S2. The highest BCUT2D eigenvalue weighted by Crippen LogP contribution is 2.32. The zero-order valence-corrected chi connectivity index (χ0v) is 60.5. The molecule has 104 heavy (non-hydrogen) atoms. The van der Waals surface area contributed by atoms with Gasteiger partial charge in [0, 0.05) is 65.5 Å². The third-order valence-corrected chi connectivity index (χ3v) is 19.0. The number of thiazole rings is 1. The van der Waals surface area contributed by atoms with Gasteiger partial charge >= 0.3 is 0 Å². The molecule has 0 radical (unpaired) electrons. The normalized spacial score (nSPS) is 10.9.